The molecule has 1 saturated heterocycles. The molecule has 1 amide bonds. The lowest BCUT2D eigenvalue weighted by Gasteiger charge is -2.18. The molecule has 0 radical (unpaired) electrons. The van der Waals surface area contributed by atoms with Crippen molar-refractivity contribution >= 4 is 29.3 Å². The number of anilines is 1. The standard InChI is InChI=1S/C26H29NO6/c1-4-5-14-32-25(30)20-10-12-22(13-11-20)27-16-21(15-23(27)28)26(31)33-18(3)24(29)19-8-6-17(2)7-9-19/h6-13,18,21H,4-5,14-16H2,1-3H3/t18-,21+/m1/s1. The normalized spacial score (nSPS) is 16.4. The molecule has 2 aromatic carbocycles. The average Bonchev–Trinajstić information content (AvgIpc) is 3.21. The van der Waals surface area contributed by atoms with Gasteiger partial charge in [-0.1, -0.05) is 43.2 Å². The molecule has 0 N–H and O–H groups in total. The van der Waals surface area contributed by atoms with Crippen molar-refractivity contribution in [3.05, 3.63) is 65.2 Å². The summed E-state index contributed by atoms with van der Waals surface area (Å²) in [5, 5.41) is 0. The van der Waals surface area contributed by atoms with E-state index in [0.717, 1.165) is 18.4 Å². The molecule has 33 heavy (non-hydrogen) atoms. The van der Waals surface area contributed by atoms with Crippen LogP contribution in [0.4, 0.5) is 5.69 Å². The van der Waals surface area contributed by atoms with Gasteiger partial charge in [-0.05, 0) is 44.5 Å². The lowest BCUT2D eigenvalue weighted by Crippen LogP contribution is -2.30. The molecule has 174 valence electrons. The summed E-state index contributed by atoms with van der Waals surface area (Å²) in [5.41, 5.74) is 2.49. The van der Waals surface area contributed by atoms with Crippen LogP contribution in [0.3, 0.4) is 0 Å². The van der Waals surface area contributed by atoms with Gasteiger partial charge >= 0.3 is 11.9 Å². The second-order valence-corrected chi connectivity index (χ2v) is 8.25. The predicted molar refractivity (Wildman–Crippen MR) is 123 cm³/mol. The molecule has 7 heteroatoms. The number of rotatable bonds is 9. The molecule has 3 rings (SSSR count). The third kappa shape index (κ3) is 6.06. The van der Waals surface area contributed by atoms with Crippen molar-refractivity contribution in [1.29, 1.82) is 0 Å². The smallest absolute Gasteiger partial charge is 0.338 e. The van der Waals surface area contributed by atoms with Crippen molar-refractivity contribution in [3.8, 4) is 0 Å². The molecule has 1 aliphatic heterocycles. The van der Waals surface area contributed by atoms with Gasteiger partial charge in [0.05, 0.1) is 18.1 Å². The number of benzene rings is 2. The topological polar surface area (TPSA) is 90.0 Å². The Morgan fingerprint density at radius 2 is 1.67 bits per heavy atom. The van der Waals surface area contributed by atoms with Crippen LogP contribution in [0.15, 0.2) is 48.5 Å². The Kier molecular flexibility index (Phi) is 7.98. The van der Waals surface area contributed by atoms with E-state index < -0.39 is 24.0 Å². The van der Waals surface area contributed by atoms with Crippen LogP contribution in [-0.2, 0) is 19.1 Å². The summed E-state index contributed by atoms with van der Waals surface area (Å²) in [4.78, 5) is 51.2. The zero-order valence-corrected chi connectivity index (χ0v) is 19.2. The van der Waals surface area contributed by atoms with Crippen molar-refractivity contribution in [1.82, 2.24) is 0 Å². The van der Waals surface area contributed by atoms with Gasteiger partial charge in [-0.3, -0.25) is 14.4 Å². The van der Waals surface area contributed by atoms with Crippen LogP contribution in [0, 0.1) is 12.8 Å². The molecule has 0 bridgehead atoms. The number of hydrogen-bond donors (Lipinski definition) is 0. The quantitative estimate of drug-likeness (QED) is 0.324. The Labute approximate surface area is 193 Å². The monoisotopic (exact) mass is 451 g/mol. The highest BCUT2D eigenvalue weighted by molar-refractivity contribution is 6.02. The van der Waals surface area contributed by atoms with Crippen LogP contribution in [0.2, 0.25) is 0 Å². The summed E-state index contributed by atoms with van der Waals surface area (Å²) >= 11 is 0. The maximum atomic E-state index is 12.6. The molecule has 7 nitrogen and oxygen atoms in total. The van der Waals surface area contributed by atoms with Crippen molar-refractivity contribution in [3.63, 3.8) is 0 Å². The zero-order valence-electron chi connectivity index (χ0n) is 19.2. The number of ketones is 1. The second-order valence-electron chi connectivity index (χ2n) is 8.25. The molecule has 2 aromatic rings. The van der Waals surface area contributed by atoms with Crippen LogP contribution in [0.25, 0.3) is 0 Å². The summed E-state index contributed by atoms with van der Waals surface area (Å²) in [6, 6.07) is 13.6. The molecular weight excluding hydrogens is 422 g/mol. The SMILES string of the molecule is CCCCOC(=O)c1ccc(N2C[C@@H](C(=O)O[C@H](C)C(=O)c3ccc(C)cc3)CC2=O)cc1. The zero-order chi connectivity index (χ0) is 24.0. The van der Waals surface area contributed by atoms with E-state index in [-0.39, 0.29) is 24.7 Å². The minimum absolute atomic E-state index is 0.00505. The molecule has 0 spiro atoms. The number of ether oxygens (including phenoxy) is 2. The van der Waals surface area contributed by atoms with E-state index in [1.54, 1.807) is 36.4 Å². The summed E-state index contributed by atoms with van der Waals surface area (Å²) in [7, 11) is 0. The van der Waals surface area contributed by atoms with Crippen molar-refractivity contribution in [2.45, 2.75) is 46.1 Å². The lowest BCUT2D eigenvalue weighted by atomic mass is 10.1. The van der Waals surface area contributed by atoms with Gasteiger partial charge in [0.1, 0.15) is 0 Å². The first-order chi connectivity index (χ1) is 15.8. The first kappa shape index (κ1) is 24.2. The Hall–Kier alpha value is -3.48. The predicted octanol–water partition coefficient (Wildman–Crippen LogP) is 4.12. The highest BCUT2D eigenvalue weighted by atomic mass is 16.5. The number of aryl methyl sites for hydroxylation is 1. The summed E-state index contributed by atoms with van der Waals surface area (Å²) < 4.78 is 10.6. The van der Waals surface area contributed by atoms with Gasteiger partial charge in [-0.25, -0.2) is 4.79 Å². The van der Waals surface area contributed by atoms with Crippen LogP contribution in [0.1, 0.15) is 59.4 Å². The van der Waals surface area contributed by atoms with Gasteiger partial charge in [0.2, 0.25) is 11.7 Å². The van der Waals surface area contributed by atoms with Gasteiger partial charge in [-0.2, -0.15) is 0 Å². The third-order valence-corrected chi connectivity index (χ3v) is 5.60. The minimum atomic E-state index is -0.942. The number of hydrogen-bond acceptors (Lipinski definition) is 6. The lowest BCUT2D eigenvalue weighted by molar-refractivity contribution is -0.151. The summed E-state index contributed by atoms with van der Waals surface area (Å²) in [6.07, 6.45) is 0.803. The Morgan fingerprint density at radius 3 is 2.30 bits per heavy atom. The van der Waals surface area contributed by atoms with E-state index in [9.17, 15) is 19.2 Å². The molecule has 1 fully saturated rings. The Balaban J connectivity index is 1.57. The van der Waals surface area contributed by atoms with Crippen molar-refractivity contribution in [2.75, 3.05) is 18.1 Å². The van der Waals surface area contributed by atoms with E-state index >= 15 is 0 Å². The third-order valence-electron chi connectivity index (χ3n) is 5.60. The fourth-order valence-corrected chi connectivity index (χ4v) is 3.56. The molecule has 0 aromatic heterocycles. The number of esters is 2. The van der Waals surface area contributed by atoms with E-state index in [1.165, 1.54) is 11.8 Å². The molecule has 1 heterocycles. The molecule has 0 saturated carbocycles. The Morgan fingerprint density at radius 1 is 1.03 bits per heavy atom. The van der Waals surface area contributed by atoms with Crippen LogP contribution < -0.4 is 4.90 Å². The first-order valence-electron chi connectivity index (χ1n) is 11.2. The van der Waals surface area contributed by atoms with Gasteiger partial charge in [0, 0.05) is 24.2 Å². The fourth-order valence-electron chi connectivity index (χ4n) is 3.56. The largest absolute Gasteiger partial charge is 0.462 e. The van der Waals surface area contributed by atoms with E-state index in [4.69, 9.17) is 9.47 Å². The van der Waals surface area contributed by atoms with E-state index in [2.05, 4.69) is 0 Å². The van der Waals surface area contributed by atoms with E-state index in [0.29, 0.717) is 23.4 Å². The van der Waals surface area contributed by atoms with Crippen molar-refractivity contribution < 1.29 is 28.7 Å². The highest BCUT2D eigenvalue weighted by Crippen LogP contribution is 2.27. The number of nitrogens with zero attached hydrogens (tertiary/aromatic N) is 1. The molecule has 0 unspecified atom stereocenters. The number of unbranched alkanes of at least 4 members (excludes halogenated alkanes) is 1. The second kappa shape index (κ2) is 10.9. The molecule has 1 aliphatic rings. The number of carbonyl (C=O) groups is 4. The van der Waals surface area contributed by atoms with Gasteiger partial charge < -0.3 is 14.4 Å². The minimum Gasteiger partial charge on any atom is -0.462 e. The van der Waals surface area contributed by atoms with Crippen LogP contribution >= 0.6 is 0 Å². The molecule has 0 aliphatic carbocycles. The number of amides is 1. The maximum Gasteiger partial charge on any atom is 0.338 e. The number of Topliss-reactive ketones (excluding diaryl/α,β-unsaturated/α-hetero) is 1. The van der Waals surface area contributed by atoms with Gasteiger partial charge in [-0.15, -0.1) is 0 Å². The molecular formula is C26H29NO6. The fraction of sp³-hybridized carbons (Fsp3) is 0.385. The summed E-state index contributed by atoms with van der Waals surface area (Å²) in [5.74, 6) is -2.14. The van der Waals surface area contributed by atoms with Gasteiger partial charge in [0.15, 0.2) is 6.10 Å². The van der Waals surface area contributed by atoms with E-state index in [1.807, 2.05) is 26.0 Å². The number of carbonyl (C=O) groups excluding carboxylic acids is 4. The maximum absolute atomic E-state index is 12.6. The van der Waals surface area contributed by atoms with Crippen LogP contribution in [0.5, 0.6) is 0 Å². The molecule has 2 atom stereocenters. The highest BCUT2D eigenvalue weighted by Gasteiger charge is 2.37. The first-order valence-corrected chi connectivity index (χ1v) is 11.2. The summed E-state index contributed by atoms with van der Waals surface area (Å²) in [6.45, 7) is 6.00. The van der Waals surface area contributed by atoms with Crippen LogP contribution in [-0.4, -0.2) is 42.9 Å². The van der Waals surface area contributed by atoms with Crippen molar-refractivity contribution in [2.24, 2.45) is 5.92 Å². The average molecular weight is 452 g/mol. The van der Waals surface area contributed by atoms with Gasteiger partial charge in [0.25, 0.3) is 0 Å². The Bertz CT molecular complexity index is 1010.